The number of hydrogen-bond acceptors (Lipinski definition) is 5. The van der Waals surface area contributed by atoms with Gasteiger partial charge in [0.25, 0.3) is 0 Å². The van der Waals surface area contributed by atoms with Crippen molar-refractivity contribution in [2.24, 2.45) is 0 Å². The third-order valence-corrected chi connectivity index (χ3v) is 15.6. The molecule has 0 saturated carbocycles. The summed E-state index contributed by atoms with van der Waals surface area (Å²) in [5.41, 5.74) is 22.4. The van der Waals surface area contributed by atoms with Crippen LogP contribution in [-0.4, -0.2) is 29.5 Å². The zero-order valence-electron chi connectivity index (χ0n) is 37.0. The van der Waals surface area contributed by atoms with Crippen LogP contribution < -0.4 is 0 Å². The van der Waals surface area contributed by atoms with Crippen LogP contribution in [0.15, 0.2) is 219 Å². The molecule has 12 aromatic rings. The Kier molecular flexibility index (Phi) is 7.12. The topological polar surface area (TPSA) is 69.4 Å². The first-order valence-corrected chi connectivity index (χ1v) is 23.6. The molecule has 4 aromatic heterocycles. The predicted molar refractivity (Wildman–Crippen MR) is 273 cm³/mol. The highest BCUT2D eigenvalue weighted by molar-refractivity contribution is 6.06. The molecule has 0 aliphatic heterocycles. The van der Waals surface area contributed by atoms with Crippen LogP contribution in [0.5, 0.6) is 0 Å². The third-order valence-electron chi connectivity index (χ3n) is 15.6. The van der Waals surface area contributed by atoms with Crippen LogP contribution in [0.3, 0.4) is 0 Å². The molecule has 0 radical (unpaired) electrons. The van der Waals surface area contributed by atoms with Crippen molar-refractivity contribution in [1.29, 1.82) is 0 Å². The number of fused-ring (bicyclic) bond motifs is 23. The lowest BCUT2D eigenvalue weighted by atomic mass is 9.70. The highest BCUT2D eigenvalue weighted by atomic mass is 15.2. The molecule has 0 unspecified atom stereocenters. The average molecular weight is 877 g/mol. The fraction of sp³-hybridized carbons (Fsp3) is 0.0317. The van der Waals surface area contributed by atoms with E-state index in [1.54, 1.807) is 0 Å². The number of rotatable bonds is 3. The van der Waals surface area contributed by atoms with Gasteiger partial charge in [-0.1, -0.05) is 170 Å². The summed E-state index contributed by atoms with van der Waals surface area (Å²) >= 11 is 0. The van der Waals surface area contributed by atoms with Crippen LogP contribution in [0, 0.1) is 0 Å². The summed E-state index contributed by atoms with van der Waals surface area (Å²) in [4.78, 5) is 26.3. The van der Waals surface area contributed by atoms with Crippen molar-refractivity contribution in [1.82, 2.24) is 29.5 Å². The Morgan fingerprint density at radius 2 is 0.609 bits per heavy atom. The summed E-state index contributed by atoms with van der Waals surface area (Å²) in [7, 11) is 0. The lowest BCUT2D eigenvalue weighted by Crippen LogP contribution is -2.26. The van der Waals surface area contributed by atoms with E-state index in [0.717, 1.165) is 33.2 Å². The summed E-state index contributed by atoms with van der Waals surface area (Å²) in [5, 5.41) is 1.96. The largest absolute Gasteiger partial charge is 0.245 e. The predicted octanol–water partition coefficient (Wildman–Crippen LogP) is 13.8. The maximum Gasteiger partial charge on any atom is 0.241 e. The minimum atomic E-state index is -0.522. The fourth-order valence-corrected chi connectivity index (χ4v) is 13.1. The minimum absolute atomic E-state index is 0.456. The number of hydrogen-bond donors (Lipinski definition) is 0. The maximum absolute atomic E-state index is 5.52. The third kappa shape index (κ3) is 4.54. The van der Waals surface area contributed by atoms with E-state index in [2.05, 4.69) is 194 Å². The highest BCUT2D eigenvalue weighted by Crippen LogP contribution is 2.64. The van der Waals surface area contributed by atoms with Crippen molar-refractivity contribution >= 4 is 22.1 Å². The van der Waals surface area contributed by atoms with Crippen LogP contribution in [0.1, 0.15) is 44.5 Å². The molecule has 0 saturated heterocycles. The van der Waals surface area contributed by atoms with Crippen LogP contribution in [-0.2, 0) is 10.8 Å². The molecule has 0 N–H and O–H groups in total. The van der Waals surface area contributed by atoms with E-state index < -0.39 is 10.8 Å². The number of benzene rings is 8. The number of nitrogens with zero attached hydrogens (tertiary/aromatic N) is 6. The van der Waals surface area contributed by atoms with Crippen molar-refractivity contribution in [3.05, 3.63) is 263 Å². The van der Waals surface area contributed by atoms with E-state index in [1.165, 1.54) is 89.0 Å². The lowest BCUT2D eigenvalue weighted by molar-refractivity contribution is 0.793. The molecule has 6 nitrogen and oxygen atoms in total. The molecular weight excluding hydrogens is 841 g/mol. The van der Waals surface area contributed by atoms with Crippen molar-refractivity contribution in [2.75, 3.05) is 0 Å². The summed E-state index contributed by atoms with van der Waals surface area (Å²) < 4.78 is 2.00. The van der Waals surface area contributed by atoms with Gasteiger partial charge in [0, 0.05) is 34.3 Å². The second-order valence-corrected chi connectivity index (χ2v) is 18.7. The zero-order chi connectivity index (χ0) is 45.0. The Morgan fingerprint density at radius 3 is 0.957 bits per heavy atom. The number of pyridine rings is 2. The summed E-state index contributed by atoms with van der Waals surface area (Å²) in [6.45, 7) is 0. The van der Waals surface area contributed by atoms with E-state index in [9.17, 15) is 0 Å². The lowest BCUT2D eigenvalue weighted by Gasteiger charge is -2.30. The fourth-order valence-electron chi connectivity index (χ4n) is 13.1. The molecule has 0 atom stereocenters. The Morgan fingerprint density at radius 1 is 0.290 bits per heavy atom. The first-order valence-electron chi connectivity index (χ1n) is 23.6. The van der Waals surface area contributed by atoms with Crippen LogP contribution in [0.25, 0.3) is 95.3 Å². The molecular formula is C63H36N6. The Balaban J connectivity index is 0.971. The molecule has 0 amide bonds. The van der Waals surface area contributed by atoms with Gasteiger partial charge in [0.2, 0.25) is 5.95 Å². The zero-order valence-corrected chi connectivity index (χ0v) is 37.0. The monoisotopic (exact) mass is 876 g/mol. The average Bonchev–Trinajstić information content (AvgIpc) is 4.18. The molecule has 0 fully saturated rings. The van der Waals surface area contributed by atoms with E-state index in [4.69, 9.17) is 24.9 Å². The Labute approximate surface area is 397 Å². The van der Waals surface area contributed by atoms with Gasteiger partial charge in [0.1, 0.15) is 11.3 Å². The van der Waals surface area contributed by atoms with Gasteiger partial charge in [-0.3, -0.25) is 0 Å². The molecule has 318 valence electrons. The van der Waals surface area contributed by atoms with Gasteiger partial charge in [0.05, 0.1) is 10.8 Å². The first kappa shape index (κ1) is 37.0. The van der Waals surface area contributed by atoms with Crippen molar-refractivity contribution in [2.45, 2.75) is 10.8 Å². The van der Waals surface area contributed by atoms with Crippen LogP contribution in [0.4, 0.5) is 0 Å². The second kappa shape index (κ2) is 13.3. The molecule has 8 aromatic carbocycles. The van der Waals surface area contributed by atoms with Crippen LogP contribution in [0.2, 0.25) is 0 Å². The standard InChI is InChI=1S/C63H36N6/c1-7-23-49-39(15-1)40-16-2-8-24-50(40)62(49)53-27-11-5-19-43(53)45-31-29-37(35-55(45)62)57-66-58(68-61(67-57)69-59-47(21-13-33-64-59)48-22-14-34-65-60(48)69)38-30-32-46-44-20-6-12-28-54(44)63(56(46)36-38)51-25-9-3-17-41(51)42-18-4-10-26-52(42)63/h1-36H. The van der Waals surface area contributed by atoms with Gasteiger partial charge >= 0.3 is 0 Å². The van der Waals surface area contributed by atoms with E-state index in [-0.39, 0.29) is 0 Å². The van der Waals surface area contributed by atoms with Gasteiger partial charge in [-0.2, -0.15) is 9.97 Å². The Hall–Kier alpha value is -9.13. The summed E-state index contributed by atoms with van der Waals surface area (Å²) in [6.07, 6.45) is 3.65. The van der Waals surface area contributed by atoms with Crippen molar-refractivity contribution < 1.29 is 0 Å². The SMILES string of the molecule is c1ccc2c(c1)-c1ccccc1C21c2ccccc2-c2ccc(-c3nc(-c4ccc5c(c4)C4(c6ccccc6-c6ccccc64)c4ccccc4-5)nc(-n4c5ncccc5c5cccnc54)n3)cc21. The highest BCUT2D eigenvalue weighted by Gasteiger charge is 2.53. The molecule has 4 heterocycles. The van der Waals surface area contributed by atoms with E-state index in [0.29, 0.717) is 17.6 Å². The molecule has 2 spiro atoms. The van der Waals surface area contributed by atoms with Crippen molar-refractivity contribution in [3.63, 3.8) is 0 Å². The molecule has 16 rings (SSSR count). The van der Waals surface area contributed by atoms with Gasteiger partial charge in [-0.15, -0.1) is 0 Å². The normalized spacial score (nSPS) is 14.3. The Bertz CT molecular complexity index is 3850. The van der Waals surface area contributed by atoms with Crippen LogP contribution >= 0.6 is 0 Å². The first-order chi connectivity index (χ1) is 34.2. The van der Waals surface area contributed by atoms with Gasteiger partial charge in [-0.25, -0.2) is 19.5 Å². The van der Waals surface area contributed by atoms with E-state index >= 15 is 0 Å². The van der Waals surface area contributed by atoms with E-state index in [1.807, 2.05) is 29.1 Å². The summed E-state index contributed by atoms with van der Waals surface area (Å²) in [6, 6.07) is 75.3. The molecule has 0 bridgehead atoms. The smallest absolute Gasteiger partial charge is 0.241 e. The molecule has 6 heteroatoms. The minimum Gasteiger partial charge on any atom is -0.245 e. The molecule has 69 heavy (non-hydrogen) atoms. The molecule has 4 aliphatic carbocycles. The number of aromatic nitrogens is 6. The quantitative estimate of drug-likeness (QED) is 0.177. The second-order valence-electron chi connectivity index (χ2n) is 18.7. The van der Waals surface area contributed by atoms with Gasteiger partial charge in [-0.05, 0) is 125 Å². The summed E-state index contributed by atoms with van der Waals surface area (Å²) in [5.74, 6) is 1.60. The maximum atomic E-state index is 5.52. The van der Waals surface area contributed by atoms with Crippen molar-refractivity contribution in [3.8, 4) is 73.2 Å². The van der Waals surface area contributed by atoms with Gasteiger partial charge < -0.3 is 0 Å². The molecule has 4 aliphatic rings. The van der Waals surface area contributed by atoms with Gasteiger partial charge in [0.15, 0.2) is 11.6 Å².